The first-order valence-corrected chi connectivity index (χ1v) is 8.99. The van der Waals surface area contributed by atoms with E-state index >= 15 is 0 Å². The number of alkyl halides is 3. The van der Waals surface area contributed by atoms with E-state index in [1.54, 1.807) is 12.1 Å². The molecule has 3 nitrogen and oxygen atoms in total. The van der Waals surface area contributed by atoms with Gasteiger partial charge in [0.1, 0.15) is 0 Å². The van der Waals surface area contributed by atoms with Gasteiger partial charge in [-0.15, -0.1) is 11.6 Å². The molecule has 0 saturated heterocycles. The summed E-state index contributed by atoms with van der Waals surface area (Å²) >= 11 is 5.73. The van der Waals surface area contributed by atoms with Crippen LogP contribution in [0, 0.1) is 0 Å². The molecule has 0 amide bonds. The minimum Gasteiger partial charge on any atom is -0.369 e. The molecule has 0 atom stereocenters. The first-order chi connectivity index (χ1) is 9.96. The number of benzene rings is 1. The van der Waals surface area contributed by atoms with E-state index in [0.717, 1.165) is 31.5 Å². The lowest BCUT2D eigenvalue weighted by Crippen LogP contribution is -2.41. The first-order valence-electron chi connectivity index (χ1n) is 6.91. The van der Waals surface area contributed by atoms with E-state index in [2.05, 4.69) is 4.90 Å². The van der Waals surface area contributed by atoms with Crippen LogP contribution in [0.15, 0.2) is 29.2 Å². The summed E-state index contributed by atoms with van der Waals surface area (Å²) in [6, 6.07) is 6.14. The number of anilines is 1. The molecule has 0 heterocycles. The van der Waals surface area contributed by atoms with E-state index in [1.807, 2.05) is 0 Å². The zero-order valence-corrected chi connectivity index (χ0v) is 13.1. The molecular formula is C14H18ClF2NO2S. The van der Waals surface area contributed by atoms with E-state index < -0.39 is 15.6 Å². The molecule has 0 radical (unpaired) electrons. The van der Waals surface area contributed by atoms with Gasteiger partial charge in [-0.05, 0) is 49.9 Å². The fourth-order valence-corrected chi connectivity index (χ4v) is 3.22. The van der Waals surface area contributed by atoms with Gasteiger partial charge in [0.25, 0.3) is 0 Å². The molecule has 0 aliphatic heterocycles. The third-order valence-corrected chi connectivity index (χ3v) is 5.45. The van der Waals surface area contributed by atoms with E-state index in [1.165, 1.54) is 18.6 Å². The topological polar surface area (TPSA) is 37.4 Å². The number of halogens is 3. The number of hydrogen-bond donors (Lipinski definition) is 0. The Morgan fingerprint density at radius 1 is 1.24 bits per heavy atom. The zero-order valence-electron chi connectivity index (χ0n) is 11.5. The molecule has 2 rings (SSSR count). The highest BCUT2D eigenvalue weighted by atomic mass is 35.5. The maximum Gasteiger partial charge on any atom is 0.341 e. The van der Waals surface area contributed by atoms with E-state index in [-0.39, 0.29) is 4.90 Å². The summed E-state index contributed by atoms with van der Waals surface area (Å²) in [5, 5.41) is 0. The van der Waals surface area contributed by atoms with Gasteiger partial charge in [-0.2, -0.15) is 8.78 Å². The van der Waals surface area contributed by atoms with Crippen LogP contribution in [0.2, 0.25) is 0 Å². The van der Waals surface area contributed by atoms with Crippen molar-refractivity contribution in [2.45, 2.75) is 42.4 Å². The Labute approximate surface area is 128 Å². The van der Waals surface area contributed by atoms with Crippen molar-refractivity contribution in [3.05, 3.63) is 24.3 Å². The SMILES string of the molecule is O=S(=O)(c1ccc(N(CCCCl)C2CCC2)cc1)C(F)F. The molecule has 0 aromatic heterocycles. The largest absolute Gasteiger partial charge is 0.369 e. The second-order valence-corrected chi connectivity index (χ2v) is 7.42. The van der Waals surface area contributed by atoms with Gasteiger partial charge in [0, 0.05) is 24.2 Å². The van der Waals surface area contributed by atoms with Crippen LogP contribution >= 0.6 is 11.6 Å². The summed E-state index contributed by atoms with van der Waals surface area (Å²) in [6.45, 7) is 0.787. The normalized spacial score (nSPS) is 16.0. The maximum absolute atomic E-state index is 12.5. The van der Waals surface area contributed by atoms with Crippen molar-refractivity contribution in [1.82, 2.24) is 0 Å². The highest BCUT2D eigenvalue weighted by Crippen LogP contribution is 2.31. The highest BCUT2D eigenvalue weighted by molar-refractivity contribution is 7.91. The Balaban J connectivity index is 2.19. The molecule has 0 spiro atoms. The Kier molecular flexibility index (Phi) is 5.43. The molecule has 1 aromatic rings. The number of rotatable bonds is 7. The van der Waals surface area contributed by atoms with Crippen molar-refractivity contribution in [2.75, 3.05) is 17.3 Å². The predicted molar refractivity (Wildman–Crippen MR) is 80.0 cm³/mol. The van der Waals surface area contributed by atoms with Crippen molar-refractivity contribution in [2.24, 2.45) is 0 Å². The second-order valence-electron chi connectivity index (χ2n) is 5.12. The Morgan fingerprint density at radius 2 is 1.86 bits per heavy atom. The fraction of sp³-hybridized carbons (Fsp3) is 0.571. The van der Waals surface area contributed by atoms with Gasteiger partial charge in [0.2, 0.25) is 9.84 Å². The Bertz CT molecular complexity index is 559. The second kappa shape index (κ2) is 6.92. The number of sulfone groups is 1. The third-order valence-electron chi connectivity index (χ3n) is 3.78. The summed E-state index contributed by atoms with van der Waals surface area (Å²) in [7, 11) is -4.52. The average Bonchev–Trinajstić information content (AvgIpc) is 2.41. The lowest BCUT2D eigenvalue weighted by Gasteiger charge is -2.39. The molecule has 21 heavy (non-hydrogen) atoms. The predicted octanol–water partition coefficient (Wildman–Crippen LogP) is 3.67. The molecule has 118 valence electrons. The third kappa shape index (κ3) is 3.66. The standard InChI is InChI=1S/C14H18ClF2NO2S/c15-9-2-10-18(11-3-1-4-11)12-5-7-13(8-6-12)21(19,20)14(16)17/h5-8,11,14H,1-4,9-10H2. The van der Waals surface area contributed by atoms with E-state index in [9.17, 15) is 17.2 Å². The van der Waals surface area contributed by atoms with Crippen LogP contribution in [0.3, 0.4) is 0 Å². The maximum atomic E-state index is 12.5. The monoisotopic (exact) mass is 337 g/mol. The minimum absolute atomic E-state index is 0.341. The number of nitrogens with zero attached hydrogens (tertiary/aromatic N) is 1. The van der Waals surface area contributed by atoms with Gasteiger partial charge in [0.15, 0.2) is 0 Å². The molecule has 1 aliphatic rings. The van der Waals surface area contributed by atoms with Gasteiger partial charge in [-0.1, -0.05) is 0 Å². The minimum atomic E-state index is -4.52. The van der Waals surface area contributed by atoms with Gasteiger partial charge >= 0.3 is 5.76 Å². The van der Waals surface area contributed by atoms with E-state index in [4.69, 9.17) is 11.6 Å². The van der Waals surface area contributed by atoms with Crippen LogP contribution in [0.5, 0.6) is 0 Å². The van der Waals surface area contributed by atoms with Crippen LogP contribution in [-0.2, 0) is 9.84 Å². The average molecular weight is 338 g/mol. The van der Waals surface area contributed by atoms with E-state index in [0.29, 0.717) is 11.9 Å². The Hall–Kier alpha value is -0.880. The molecule has 1 saturated carbocycles. The fourth-order valence-electron chi connectivity index (χ4n) is 2.38. The van der Waals surface area contributed by atoms with Gasteiger partial charge in [-0.25, -0.2) is 8.42 Å². The van der Waals surface area contributed by atoms with Crippen LogP contribution < -0.4 is 4.90 Å². The van der Waals surface area contributed by atoms with Crippen molar-refractivity contribution < 1.29 is 17.2 Å². The quantitative estimate of drug-likeness (QED) is 0.712. The lowest BCUT2D eigenvalue weighted by molar-refractivity contribution is 0.234. The molecule has 0 bridgehead atoms. The lowest BCUT2D eigenvalue weighted by atomic mass is 9.91. The molecule has 1 aromatic carbocycles. The van der Waals surface area contributed by atoms with Gasteiger partial charge in [-0.3, -0.25) is 0 Å². The summed E-state index contributed by atoms with van der Waals surface area (Å²) < 4.78 is 47.8. The zero-order chi connectivity index (χ0) is 15.5. The summed E-state index contributed by atoms with van der Waals surface area (Å²) in [6.07, 6.45) is 4.20. The van der Waals surface area contributed by atoms with Crippen molar-refractivity contribution in [1.29, 1.82) is 0 Å². The van der Waals surface area contributed by atoms with Gasteiger partial charge in [0.05, 0.1) is 4.90 Å². The van der Waals surface area contributed by atoms with Crippen molar-refractivity contribution in [3.63, 3.8) is 0 Å². The molecular weight excluding hydrogens is 320 g/mol. The van der Waals surface area contributed by atoms with Crippen molar-refractivity contribution in [3.8, 4) is 0 Å². The van der Waals surface area contributed by atoms with Crippen LogP contribution in [0.4, 0.5) is 14.5 Å². The smallest absolute Gasteiger partial charge is 0.341 e. The van der Waals surface area contributed by atoms with Crippen LogP contribution in [0.1, 0.15) is 25.7 Å². The van der Waals surface area contributed by atoms with Gasteiger partial charge < -0.3 is 4.90 Å². The van der Waals surface area contributed by atoms with Crippen LogP contribution in [-0.4, -0.2) is 32.6 Å². The molecule has 1 aliphatic carbocycles. The summed E-state index contributed by atoms with van der Waals surface area (Å²) in [5.74, 6) is -2.83. The molecule has 1 fully saturated rings. The Morgan fingerprint density at radius 3 is 2.29 bits per heavy atom. The molecule has 0 N–H and O–H groups in total. The summed E-state index contributed by atoms with van der Waals surface area (Å²) in [4.78, 5) is 1.84. The van der Waals surface area contributed by atoms with Crippen LogP contribution in [0.25, 0.3) is 0 Å². The molecule has 7 heteroatoms. The first kappa shape index (κ1) is 16.5. The summed E-state index contributed by atoms with van der Waals surface area (Å²) in [5.41, 5.74) is 0.859. The highest BCUT2D eigenvalue weighted by Gasteiger charge is 2.28. The number of hydrogen-bond acceptors (Lipinski definition) is 3. The molecule has 0 unspecified atom stereocenters. The van der Waals surface area contributed by atoms with Crippen molar-refractivity contribution >= 4 is 27.1 Å².